The van der Waals surface area contributed by atoms with Crippen molar-refractivity contribution in [2.75, 3.05) is 13.1 Å². The van der Waals surface area contributed by atoms with E-state index in [0.29, 0.717) is 6.42 Å². The van der Waals surface area contributed by atoms with Gasteiger partial charge < -0.3 is 4.90 Å². The van der Waals surface area contributed by atoms with Gasteiger partial charge in [-0.05, 0) is 48.1 Å². The van der Waals surface area contributed by atoms with Gasteiger partial charge in [-0.15, -0.1) is 0 Å². The molecular weight excluding hydrogens is 277 g/mol. The van der Waals surface area contributed by atoms with E-state index in [0.717, 1.165) is 43.5 Å². The zero-order valence-corrected chi connectivity index (χ0v) is 12.6. The summed E-state index contributed by atoms with van der Waals surface area (Å²) in [5.41, 5.74) is 3.23. The molecule has 3 heteroatoms. The molecule has 3 rings (SSSR count). The van der Waals surface area contributed by atoms with Gasteiger partial charge in [0.05, 0.1) is 0 Å². The average Bonchev–Trinajstić information content (AvgIpc) is 3.08. The van der Waals surface area contributed by atoms with Crippen molar-refractivity contribution in [3.8, 4) is 11.1 Å². The number of hydrogen-bond acceptors (Lipinski definition) is 1. The number of aryl methyl sites for hydroxylation is 1. The Morgan fingerprint density at radius 2 is 1.45 bits per heavy atom. The van der Waals surface area contributed by atoms with Crippen LogP contribution < -0.4 is 0 Å². The summed E-state index contributed by atoms with van der Waals surface area (Å²) in [5.74, 6) is 0.0425. The minimum Gasteiger partial charge on any atom is -0.343 e. The lowest BCUT2D eigenvalue weighted by atomic mass is 10.0. The predicted molar refractivity (Wildman–Crippen MR) is 86.0 cm³/mol. The Morgan fingerprint density at radius 1 is 0.909 bits per heavy atom. The molecule has 0 saturated carbocycles. The lowest BCUT2D eigenvalue weighted by Crippen LogP contribution is -2.27. The van der Waals surface area contributed by atoms with Crippen LogP contribution in [-0.2, 0) is 11.2 Å². The number of carbonyl (C=O) groups excluding carboxylic acids is 1. The van der Waals surface area contributed by atoms with Gasteiger partial charge in [0.2, 0.25) is 5.91 Å². The van der Waals surface area contributed by atoms with Gasteiger partial charge in [-0.25, -0.2) is 4.39 Å². The molecule has 0 radical (unpaired) electrons. The van der Waals surface area contributed by atoms with Crippen LogP contribution in [0.15, 0.2) is 48.5 Å². The summed E-state index contributed by atoms with van der Waals surface area (Å²) in [6.07, 6.45) is 3.63. The number of nitrogens with zero attached hydrogens (tertiary/aromatic N) is 1. The Hall–Kier alpha value is -2.16. The number of likely N-dealkylation sites (tertiary alicyclic amines) is 1. The third-order valence-electron chi connectivity index (χ3n) is 4.22. The quantitative estimate of drug-likeness (QED) is 0.834. The van der Waals surface area contributed by atoms with Crippen molar-refractivity contribution in [2.24, 2.45) is 0 Å². The number of carbonyl (C=O) groups is 1. The molecule has 0 aliphatic carbocycles. The van der Waals surface area contributed by atoms with Crippen LogP contribution in [0.25, 0.3) is 11.1 Å². The van der Waals surface area contributed by atoms with Crippen molar-refractivity contribution >= 4 is 5.91 Å². The molecule has 22 heavy (non-hydrogen) atoms. The van der Waals surface area contributed by atoms with Crippen molar-refractivity contribution in [1.82, 2.24) is 4.90 Å². The first-order chi connectivity index (χ1) is 10.7. The monoisotopic (exact) mass is 297 g/mol. The number of rotatable bonds is 4. The molecule has 1 aliphatic heterocycles. The maximum atomic E-state index is 12.9. The van der Waals surface area contributed by atoms with Crippen LogP contribution in [0.1, 0.15) is 24.8 Å². The zero-order valence-electron chi connectivity index (χ0n) is 12.6. The first-order valence-electron chi connectivity index (χ1n) is 7.85. The molecule has 0 aromatic heterocycles. The van der Waals surface area contributed by atoms with E-state index >= 15 is 0 Å². The molecule has 2 nitrogen and oxygen atoms in total. The van der Waals surface area contributed by atoms with E-state index in [-0.39, 0.29) is 11.7 Å². The molecule has 0 unspecified atom stereocenters. The fraction of sp³-hybridized carbons (Fsp3) is 0.316. The summed E-state index contributed by atoms with van der Waals surface area (Å²) >= 11 is 0. The van der Waals surface area contributed by atoms with Crippen LogP contribution in [0, 0.1) is 5.82 Å². The molecule has 2 aromatic carbocycles. The Balaban J connectivity index is 1.59. The maximum absolute atomic E-state index is 12.9. The fourth-order valence-corrected chi connectivity index (χ4v) is 2.88. The molecule has 2 aromatic rings. The van der Waals surface area contributed by atoms with Gasteiger partial charge in [-0.2, -0.15) is 0 Å². The van der Waals surface area contributed by atoms with E-state index in [4.69, 9.17) is 0 Å². The maximum Gasteiger partial charge on any atom is 0.222 e. The number of benzene rings is 2. The van der Waals surface area contributed by atoms with Crippen LogP contribution in [-0.4, -0.2) is 23.9 Å². The van der Waals surface area contributed by atoms with E-state index in [1.165, 1.54) is 17.7 Å². The van der Waals surface area contributed by atoms with Crippen molar-refractivity contribution in [1.29, 1.82) is 0 Å². The second-order valence-corrected chi connectivity index (χ2v) is 5.79. The van der Waals surface area contributed by atoms with Gasteiger partial charge in [0.25, 0.3) is 0 Å². The summed E-state index contributed by atoms with van der Waals surface area (Å²) in [7, 11) is 0. The smallest absolute Gasteiger partial charge is 0.222 e. The average molecular weight is 297 g/mol. The van der Waals surface area contributed by atoms with E-state index in [1.54, 1.807) is 12.1 Å². The molecule has 1 aliphatic rings. The zero-order chi connectivity index (χ0) is 15.4. The normalized spacial score (nSPS) is 14.3. The molecular formula is C19H20FNO. The molecule has 0 atom stereocenters. The summed E-state index contributed by atoms with van der Waals surface area (Å²) < 4.78 is 12.9. The molecule has 114 valence electrons. The van der Waals surface area contributed by atoms with Crippen LogP contribution in [0.4, 0.5) is 4.39 Å². The standard InChI is InChI=1S/C19H20FNO/c20-18-10-8-17(9-11-18)16-6-3-15(4-7-16)5-12-19(22)21-13-1-2-14-21/h3-4,6-11H,1-2,5,12-14H2. The van der Waals surface area contributed by atoms with Crippen molar-refractivity contribution < 1.29 is 9.18 Å². The van der Waals surface area contributed by atoms with Gasteiger partial charge in [-0.1, -0.05) is 36.4 Å². The molecule has 0 bridgehead atoms. The first-order valence-corrected chi connectivity index (χ1v) is 7.85. The van der Waals surface area contributed by atoms with Gasteiger partial charge in [0.1, 0.15) is 5.82 Å². The lowest BCUT2D eigenvalue weighted by molar-refractivity contribution is -0.130. The van der Waals surface area contributed by atoms with Crippen LogP contribution in [0.5, 0.6) is 0 Å². The number of amides is 1. The Morgan fingerprint density at radius 3 is 2.05 bits per heavy atom. The minimum absolute atomic E-state index is 0.221. The highest BCUT2D eigenvalue weighted by molar-refractivity contribution is 5.76. The second kappa shape index (κ2) is 6.73. The highest BCUT2D eigenvalue weighted by Gasteiger charge is 2.17. The molecule has 1 heterocycles. The van der Waals surface area contributed by atoms with Crippen LogP contribution >= 0.6 is 0 Å². The predicted octanol–water partition coefficient (Wildman–Crippen LogP) is 4.05. The molecule has 1 saturated heterocycles. The third-order valence-corrected chi connectivity index (χ3v) is 4.22. The van der Waals surface area contributed by atoms with Crippen LogP contribution in [0.2, 0.25) is 0 Å². The molecule has 0 spiro atoms. The topological polar surface area (TPSA) is 20.3 Å². The Kier molecular flexibility index (Phi) is 4.52. The largest absolute Gasteiger partial charge is 0.343 e. The Bertz CT molecular complexity index is 627. The van der Waals surface area contributed by atoms with Gasteiger partial charge in [0, 0.05) is 19.5 Å². The molecule has 1 fully saturated rings. The second-order valence-electron chi connectivity index (χ2n) is 5.79. The van der Waals surface area contributed by atoms with Gasteiger partial charge >= 0.3 is 0 Å². The van der Waals surface area contributed by atoms with E-state index in [9.17, 15) is 9.18 Å². The highest BCUT2D eigenvalue weighted by Crippen LogP contribution is 2.21. The van der Waals surface area contributed by atoms with E-state index < -0.39 is 0 Å². The van der Waals surface area contributed by atoms with E-state index in [1.807, 2.05) is 17.0 Å². The van der Waals surface area contributed by atoms with Crippen LogP contribution in [0.3, 0.4) is 0 Å². The summed E-state index contributed by atoms with van der Waals surface area (Å²) in [4.78, 5) is 14.0. The summed E-state index contributed by atoms with van der Waals surface area (Å²) in [6, 6.07) is 14.7. The summed E-state index contributed by atoms with van der Waals surface area (Å²) in [5, 5.41) is 0. The van der Waals surface area contributed by atoms with Gasteiger partial charge in [-0.3, -0.25) is 4.79 Å². The minimum atomic E-state index is -0.221. The fourth-order valence-electron chi connectivity index (χ4n) is 2.88. The third kappa shape index (κ3) is 3.53. The molecule has 0 N–H and O–H groups in total. The number of hydrogen-bond donors (Lipinski definition) is 0. The highest BCUT2D eigenvalue weighted by atomic mass is 19.1. The lowest BCUT2D eigenvalue weighted by Gasteiger charge is -2.15. The SMILES string of the molecule is O=C(CCc1ccc(-c2ccc(F)cc2)cc1)N1CCCC1. The van der Waals surface area contributed by atoms with Crippen molar-refractivity contribution in [3.05, 3.63) is 59.9 Å². The summed E-state index contributed by atoms with van der Waals surface area (Å²) in [6.45, 7) is 1.84. The van der Waals surface area contributed by atoms with Crippen molar-refractivity contribution in [2.45, 2.75) is 25.7 Å². The van der Waals surface area contributed by atoms with Gasteiger partial charge in [0.15, 0.2) is 0 Å². The Labute approximate surface area is 130 Å². The van der Waals surface area contributed by atoms with E-state index in [2.05, 4.69) is 12.1 Å². The first kappa shape index (κ1) is 14.8. The van der Waals surface area contributed by atoms with Crippen molar-refractivity contribution in [3.63, 3.8) is 0 Å². The number of halogens is 1. The molecule has 1 amide bonds.